The Balaban J connectivity index is 2.99. The molecule has 0 saturated carbocycles. The van der Waals surface area contributed by atoms with Gasteiger partial charge in [-0.3, -0.25) is 0 Å². The Hall–Kier alpha value is -2.18. The Morgan fingerprint density at radius 1 is 1.30 bits per heavy atom. The fourth-order valence-electron chi connectivity index (χ4n) is 1.44. The van der Waals surface area contributed by atoms with E-state index in [1.54, 1.807) is 20.8 Å². The fourth-order valence-corrected chi connectivity index (χ4v) is 1.44. The van der Waals surface area contributed by atoms with Crippen molar-refractivity contribution in [1.82, 2.24) is 5.32 Å². The van der Waals surface area contributed by atoms with Gasteiger partial charge in [0.15, 0.2) is 17.7 Å². The van der Waals surface area contributed by atoms with Crippen molar-refractivity contribution in [2.75, 3.05) is 0 Å². The van der Waals surface area contributed by atoms with Crippen LogP contribution in [-0.4, -0.2) is 22.8 Å². The number of carboxylic acid groups (broad SMARTS) is 1. The van der Waals surface area contributed by atoms with Gasteiger partial charge >= 0.3 is 12.1 Å². The van der Waals surface area contributed by atoms with Gasteiger partial charge in [0.25, 0.3) is 0 Å². The molecule has 1 unspecified atom stereocenters. The van der Waals surface area contributed by atoms with Crippen LogP contribution in [0.15, 0.2) is 18.2 Å². The Bertz CT molecular complexity index is 526. The number of carbonyl (C=O) groups excluding carboxylic acids is 1. The molecule has 0 fully saturated rings. The molecular formula is C13H15F2NO4. The van der Waals surface area contributed by atoms with Crippen LogP contribution in [0.25, 0.3) is 0 Å². The molecule has 1 aromatic rings. The molecule has 0 saturated heterocycles. The molecule has 1 atom stereocenters. The van der Waals surface area contributed by atoms with Gasteiger partial charge in [0.2, 0.25) is 0 Å². The highest BCUT2D eigenvalue weighted by atomic mass is 19.2. The second-order valence-corrected chi connectivity index (χ2v) is 5.06. The molecule has 20 heavy (non-hydrogen) atoms. The third kappa shape index (κ3) is 4.18. The number of ether oxygens (including phenoxy) is 1. The average molecular weight is 287 g/mol. The molecule has 0 heterocycles. The number of aliphatic carboxylic acids is 1. The number of hydrogen-bond donors (Lipinski definition) is 2. The minimum absolute atomic E-state index is 0.483. The quantitative estimate of drug-likeness (QED) is 0.896. The summed E-state index contributed by atoms with van der Waals surface area (Å²) in [6.07, 6.45) is -1.03. The van der Waals surface area contributed by atoms with E-state index in [1.807, 2.05) is 5.32 Å². The first-order chi connectivity index (χ1) is 9.11. The lowest BCUT2D eigenvalue weighted by Crippen LogP contribution is -2.38. The highest BCUT2D eigenvalue weighted by Gasteiger charge is 2.28. The first kappa shape index (κ1) is 15.9. The summed E-state index contributed by atoms with van der Waals surface area (Å²) >= 11 is 0. The number of benzene rings is 1. The molecular weight excluding hydrogens is 272 g/mol. The molecule has 7 heteroatoms. The average Bonchev–Trinajstić information content (AvgIpc) is 2.27. The van der Waals surface area contributed by atoms with Gasteiger partial charge in [0, 0.05) is 5.56 Å². The van der Waals surface area contributed by atoms with Gasteiger partial charge in [0.1, 0.15) is 5.60 Å². The largest absolute Gasteiger partial charge is 0.479 e. The van der Waals surface area contributed by atoms with E-state index in [-0.39, 0.29) is 0 Å². The standard InChI is InChI=1S/C13H15F2NO4/c1-13(2,3)20-12(19)16-10(11(17)18)7-5-4-6-8(14)9(7)15/h4-6,10H,1-3H3,(H,16,19)(H,17,18). The number of hydrogen-bond acceptors (Lipinski definition) is 3. The zero-order valence-electron chi connectivity index (χ0n) is 11.2. The van der Waals surface area contributed by atoms with E-state index in [9.17, 15) is 18.4 Å². The van der Waals surface area contributed by atoms with E-state index in [4.69, 9.17) is 9.84 Å². The van der Waals surface area contributed by atoms with Crippen LogP contribution >= 0.6 is 0 Å². The first-order valence-electron chi connectivity index (χ1n) is 5.78. The maximum atomic E-state index is 13.6. The van der Waals surface area contributed by atoms with Crippen LogP contribution in [-0.2, 0) is 9.53 Å². The second kappa shape index (κ2) is 5.85. The molecule has 110 valence electrons. The van der Waals surface area contributed by atoms with Crippen LogP contribution in [0.1, 0.15) is 32.4 Å². The zero-order chi connectivity index (χ0) is 15.5. The lowest BCUT2D eigenvalue weighted by atomic mass is 10.1. The SMILES string of the molecule is CC(C)(C)OC(=O)NC(C(=O)O)c1cccc(F)c1F. The van der Waals surface area contributed by atoms with Crippen molar-refractivity contribution in [1.29, 1.82) is 0 Å². The second-order valence-electron chi connectivity index (χ2n) is 5.06. The lowest BCUT2D eigenvalue weighted by molar-refractivity contribution is -0.139. The summed E-state index contributed by atoms with van der Waals surface area (Å²) in [7, 11) is 0. The summed E-state index contributed by atoms with van der Waals surface area (Å²) in [4.78, 5) is 22.6. The summed E-state index contributed by atoms with van der Waals surface area (Å²) in [6, 6.07) is 1.35. The van der Waals surface area contributed by atoms with Crippen molar-refractivity contribution in [3.8, 4) is 0 Å². The Morgan fingerprint density at radius 2 is 1.90 bits per heavy atom. The molecule has 0 aliphatic rings. The van der Waals surface area contributed by atoms with E-state index < -0.39 is 40.9 Å². The Kier molecular flexibility index (Phi) is 4.65. The van der Waals surface area contributed by atoms with Gasteiger partial charge in [0.05, 0.1) is 0 Å². The van der Waals surface area contributed by atoms with Crippen molar-refractivity contribution >= 4 is 12.1 Å². The predicted molar refractivity (Wildman–Crippen MR) is 66.1 cm³/mol. The highest BCUT2D eigenvalue weighted by Crippen LogP contribution is 2.20. The number of nitrogens with one attached hydrogen (secondary N) is 1. The smallest absolute Gasteiger partial charge is 0.408 e. The van der Waals surface area contributed by atoms with Crippen molar-refractivity contribution in [3.05, 3.63) is 35.4 Å². The highest BCUT2D eigenvalue weighted by molar-refractivity contribution is 5.81. The van der Waals surface area contributed by atoms with Gasteiger partial charge in [-0.1, -0.05) is 12.1 Å². The van der Waals surface area contributed by atoms with Crippen LogP contribution in [0, 0.1) is 11.6 Å². The van der Waals surface area contributed by atoms with Crippen LogP contribution in [0.5, 0.6) is 0 Å². The van der Waals surface area contributed by atoms with Gasteiger partial charge in [-0.2, -0.15) is 0 Å². The van der Waals surface area contributed by atoms with Crippen LogP contribution in [0.4, 0.5) is 13.6 Å². The summed E-state index contributed by atoms with van der Waals surface area (Å²) in [6.45, 7) is 4.77. The van der Waals surface area contributed by atoms with Crippen molar-refractivity contribution < 1.29 is 28.2 Å². The van der Waals surface area contributed by atoms with Gasteiger partial charge in [-0.15, -0.1) is 0 Å². The minimum Gasteiger partial charge on any atom is -0.479 e. The molecule has 0 bridgehead atoms. The van der Waals surface area contributed by atoms with Gasteiger partial charge < -0.3 is 15.2 Å². The number of carbonyl (C=O) groups is 2. The maximum absolute atomic E-state index is 13.6. The number of halogens is 2. The van der Waals surface area contributed by atoms with Gasteiger partial charge in [-0.25, -0.2) is 18.4 Å². The number of carboxylic acids is 1. The van der Waals surface area contributed by atoms with Crippen LogP contribution < -0.4 is 5.32 Å². The zero-order valence-corrected chi connectivity index (χ0v) is 11.2. The van der Waals surface area contributed by atoms with Crippen molar-refractivity contribution in [3.63, 3.8) is 0 Å². The molecule has 2 N–H and O–H groups in total. The molecule has 1 rings (SSSR count). The summed E-state index contributed by atoms with van der Waals surface area (Å²) in [5.74, 6) is -4.05. The van der Waals surface area contributed by atoms with Crippen molar-refractivity contribution in [2.24, 2.45) is 0 Å². The summed E-state index contributed by atoms with van der Waals surface area (Å²) in [5.41, 5.74) is -1.32. The van der Waals surface area contributed by atoms with Crippen LogP contribution in [0.3, 0.4) is 0 Å². The topological polar surface area (TPSA) is 75.6 Å². The predicted octanol–water partition coefficient (Wildman–Crippen LogP) is 2.62. The van der Waals surface area contributed by atoms with Crippen molar-refractivity contribution in [2.45, 2.75) is 32.4 Å². The Morgan fingerprint density at radius 3 is 2.40 bits per heavy atom. The molecule has 1 aromatic carbocycles. The number of alkyl carbamates (subject to hydrolysis) is 1. The maximum Gasteiger partial charge on any atom is 0.408 e. The van der Waals surface area contributed by atoms with E-state index in [0.29, 0.717) is 0 Å². The fraction of sp³-hybridized carbons (Fsp3) is 0.385. The normalized spacial score (nSPS) is 12.7. The molecule has 0 aliphatic heterocycles. The van der Waals surface area contributed by atoms with E-state index in [0.717, 1.165) is 18.2 Å². The number of amides is 1. The third-order valence-corrected chi connectivity index (χ3v) is 2.20. The molecule has 0 spiro atoms. The summed E-state index contributed by atoms with van der Waals surface area (Å²) in [5, 5.41) is 11.0. The van der Waals surface area contributed by atoms with E-state index in [1.165, 1.54) is 0 Å². The number of rotatable bonds is 3. The first-order valence-corrected chi connectivity index (χ1v) is 5.78. The monoisotopic (exact) mass is 287 g/mol. The van der Waals surface area contributed by atoms with Crippen LogP contribution in [0.2, 0.25) is 0 Å². The summed E-state index contributed by atoms with van der Waals surface area (Å²) < 4.78 is 31.5. The van der Waals surface area contributed by atoms with E-state index in [2.05, 4.69) is 0 Å². The Labute approximate surface area is 114 Å². The molecule has 0 radical (unpaired) electrons. The molecule has 0 aliphatic carbocycles. The molecule has 0 aromatic heterocycles. The molecule has 5 nitrogen and oxygen atoms in total. The van der Waals surface area contributed by atoms with Gasteiger partial charge in [-0.05, 0) is 26.8 Å². The minimum atomic E-state index is -1.74. The lowest BCUT2D eigenvalue weighted by Gasteiger charge is -2.22. The molecule has 1 amide bonds. The van der Waals surface area contributed by atoms with E-state index >= 15 is 0 Å². The third-order valence-electron chi connectivity index (χ3n) is 2.20.